The molecule has 0 heterocycles. The Kier molecular flexibility index (Phi) is 19.9. The first-order valence-electron chi connectivity index (χ1n) is 9.69. The summed E-state index contributed by atoms with van der Waals surface area (Å²) in [6, 6.07) is 1.07. The molecule has 2 unspecified atom stereocenters. The van der Waals surface area contributed by atoms with Crippen molar-refractivity contribution < 1.29 is 16.8 Å². The molecule has 0 aliphatic carbocycles. The van der Waals surface area contributed by atoms with E-state index in [0.29, 0.717) is 18.8 Å². The molecule has 0 spiro atoms. The summed E-state index contributed by atoms with van der Waals surface area (Å²) in [4.78, 5) is 0. The van der Waals surface area contributed by atoms with Gasteiger partial charge < -0.3 is 21.3 Å². The Labute approximate surface area is 169 Å². The molecule has 5 heteroatoms. The van der Waals surface area contributed by atoms with Crippen molar-refractivity contribution in [3.8, 4) is 0 Å². The summed E-state index contributed by atoms with van der Waals surface area (Å²) < 4.78 is 0. The van der Waals surface area contributed by atoms with Crippen LogP contribution in [0.3, 0.4) is 0 Å². The SMILES string of the molecule is CC(C)(C)[N-]C[N-]C(C)(C)C.CC[N-]C(CC)CC(CC)[N-]CC.[Co]. The van der Waals surface area contributed by atoms with Crippen molar-refractivity contribution in [2.75, 3.05) is 19.8 Å². The normalized spacial score (nSPS) is 14.2. The molecular weight excluding hydrogens is 355 g/mol. The standard InChI is InChI=1S/C11H24N2.C9H20N2.Co/c1-5-10(12-7-3)9-11(6-2)13-8-4;1-8(2,3)10-7-11-9(4,5)6;/h10-11H,5-9H2,1-4H3;7H2,1-6H3;/q2*-2;. The largest absolute Gasteiger partial charge is 0.676 e. The molecule has 0 fully saturated rings. The van der Waals surface area contributed by atoms with Gasteiger partial charge in [-0.15, -0.1) is 23.2 Å². The van der Waals surface area contributed by atoms with Crippen LogP contribution in [0.5, 0.6) is 0 Å². The van der Waals surface area contributed by atoms with Gasteiger partial charge >= 0.3 is 0 Å². The van der Waals surface area contributed by atoms with Gasteiger partial charge in [0.15, 0.2) is 0 Å². The van der Waals surface area contributed by atoms with Gasteiger partial charge in [0.1, 0.15) is 0 Å². The van der Waals surface area contributed by atoms with E-state index in [0.717, 1.165) is 32.4 Å². The van der Waals surface area contributed by atoms with Crippen molar-refractivity contribution in [1.82, 2.24) is 0 Å². The van der Waals surface area contributed by atoms with Gasteiger partial charge in [-0.3, -0.25) is 6.67 Å². The summed E-state index contributed by atoms with van der Waals surface area (Å²) in [7, 11) is 0. The first kappa shape index (κ1) is 30.1. The maximum absolute atomic E-state index is 4.55. The second kappa shape index (κ2) is 16.5. The second-order valence-corrected chi connectivity index (χ2v) is 8.16. The van der Waals surface area contributed by atoms with Gasteiger partial charge in [0.2, 0.25) is 0 Å². The Morgan fingerprint density at radius 2 is 0.960 bits per heavy atom. The van der Waals surface area contributed by atoms with Crippen LogP contribution in [0.2, 0.25) is 0 Å². The predicted octanol–water partition coefficient (Wildman–Crippen LogP) is 7.01. The molecule has 0 saturated carbocycles. The molecule has 0 rings (SSSR count). The topological polar surface area (TPSA) is 56.4 Å². The zero-order chi connectivity index (χ0) is 19.2. The summed E-state index contributed by atoms with van der Waals surface area (Å²) in [6.07, 6.45) is 3.46. The van der Waals surface area contributed by atoms with E-state index in [1.807, 2.05) is 0 Å². The van der Waals surface area contributed by atoms with Gasteiger partial charge in [0.05, 0.1) is 0 Å². The van der Waals surface area contributed by atoms with Gasteiger partial charge in [-0.25, -0.2) is 0 Å². The van der Waals surface area contributed by atoms with Gasteiger partial charge in [-0.1, -0.05) is 88.5 Å². The van der Waals surface area contributed by atoms with Crippen LogP contribution in [0.4, 0.5) is 0 Å². The smallest absolute Gasteiger partial charge is 0 e. The fourth-order valence-electron chi connectivity index (χ4n) is 2.03. The molecule has 0 aliphatic rings. The third-order valence-electron chi connectivity index (χ3n) is 3.46. The van der Waals surface area contributed by atoms with E-state index < -0.39 is 0 Å². The van der Waals surface area contributed by atoms with Crippen molar-refractivity contribution in [2.45, 2.75) is 112 Å². The average Bonchev–Trinajstić information content (AvgIpc) is 2.43. The molecule has 0 aromatic carbocycles. The molecule has 4 nitrogen and oxygen atoms in total. The van der Waals surface area contributed by atoms with Crippen molar-refractivity contribution in [2.24, 2.45) is 0 Å². The molecule has 25 heavy (non-hydrogen) atoms. The number of hydrogen-bond acceptors (Lipinski definition) is 0. The molecule has 0 aromatic rings. The van der Waals surface area contributed by atoms with Gasteiger partial charge in [0.25, 0.3) is 0 Å². The van der Waals surface area contributed by atoms with Crippen molar-refractivity contribution in [3.05, 3.63) is 21.3 Å². The van der Waals surface area contributed by atoms with Crippen LogP contribution in [-0.4, -0.2) is 42.9 Å². The van der Waals surface area contributed by atoms with E-state index >= 15 is 0 Å². The van der Waals surface area contributed by atoms with Gasteiger partial charge in [-0.05, 0) is 0 Å². The van der Waals surface area contributed by atoms with Gasteiger partial charge in [0, 0.05) is 16.8 Å². The van der Waals surface area contributed by atoms with Crippen molar-refractivity contribution >= 4 is 0 Å². The van der Waals surface area contributed by atoms with Crippen molar-refractivity contribution in [1.29, 1.82) is 0 Å². The van der Waals surface area contributed by atoms with Crippen LogP contribution in [0, 0.1) is 0 Å². The Morgan fingerprint density at radius 1 is 0.640 bits per heavy atom. The molecule has 0 aromatic heterocycles. The van der Waals surface area contributed by atoms with E-state index in [9.17, 15) is 0 Å². The van der Waals surface area contributed by atoms with Crippen LogP contribution in [0.15, 0.2) is 0 Å². The zero-order valence-electron chi connectivity index (χ0n) is 18.5. The Hall–Kier alpha value is 0.346. The molecule has 157 valence electrons. The Balaban J connectivity index is -0.000000377. The van der Waals surface area contributed by atoms with E-state index in [-0.39, 0.29) is 27.9 Å². The summed E-state index contributed by atoms with van der Waals surface area (Å²) in [5.41, 5.74) is 0.101. The van der Waals surface area contributed by atoms with Crippen molar-refractivity contribution in [3.63, 3.8) is 0 Å². The summed E-state index contributed by atoms with van der Waals surface area (Å²) >= 11 is 0. The fourth-order valence-corrected chi connectivity index (χ4v) is 2.03. The minimum atomic E-state index is 0. The fraction of sp³-hybridized carbons (Fsp3) is 1.00. The molecule has 2 atom stereocenters. The van der Waals surface area contributed by atoms with Crippen LogP contribution < -0.4 is 0 Å². The molecule has 0 N–H and O–H groups in total. The van der Waals surface area contributed by atoms with Crippen LogP contribution in [-0.2, 0) is 16.8 Å². The quantitative estimate of drug-likeness (QED) is 0.379. The van der Waals surface area contributed by atoms with Crippen LogP contribution >= 0.6 is 0 Å². The van der Waals surface area contributed by atoms with Crippen LogP contribution in [0.25, 0.3) is 21.3 Å². The molecule has 1 radical (unpaired) electrons. The molecule has 0 bridgehead atoms. The molecule has 0 amide bonds. The Morgan fingerprint density at radius 3 is 1.16 bits per heavy atom. The Bertz CT molecular complexity index is 246. The first-order valence-corrected chi connectivity index (χ1v) is 9.69. The predicted molar refractivity (Wildman–Crippen MR) is 112 cm³/mol. The monoisotopic (exact) mass is 399 g/mol. The number of nitrogens with zero attached hydrogens (tertiary/aromatic N) is 4. The molecule has 0 saturated heterocycles. The number of hydrogen-bond donors (Lipinski definition) is 0. The third-order valence-corrected chi connectivity index (χ3v) is 3.46. The minimum Gasteiger partial charge on any atom is -0.676 e. The number of rotatable bonds is 10. The van der Waals surface area contributed by atoms with Crippen LogP contribution in [0.1, 0.15) is 88.5 Å². The zero-order valence-corrected chi connectivity index (χ0v) is 19.6. The first-order chi connectivity index (χ1) is 11.0. The summed E-state index contributed by atoms with van der Waals surface area (Å²) in [5.74, 6) is 0. The van der Waals surface area contributed by atoms with E-state index in [4.69, 9.17) is 0 Å². The average molecular weight is 400 g/mol. The maximum atomic E-state index is 4.55. The van der Waals surface area contributed by atoms with Gasteiger partial charge in [-0.2, -0.15) is 13.1 Å². The minimum absolute atomic E-state index is 0. The van der Waals surface area contributed by atoms with E-state index in [1.54, 1.807) is 0 Å². The van der Waals surface area contributed by atoms with E-state index in [1.165, 1.54) is 0 Å². The summed E-state index contributed by atoms with van der Waals surface area (Å²) in [5, 5.41) is 17.9. The molecular formula is C20H44CoN4-4. The second-order valence-electron chi connectivity index (χ2n) is 8.16. The third kappa shape index (κ3) is 24.3. The molecule has 0 aliphatic heterocycles. The maximum Gasteiger partial charge on any atom is 0 e. The van der Waals surface area contributed by atoms with E-state index in [2.05, 4.69) is 90.5 Å². The summed E-state index contributed by atoms with van der Waals surface area (Å²) in [6.45, 7) is 23.7.